The quantitative estimate of drug-likeness (QED) is 0.407. The van der Waals surface area contributed by atoms with E-state index < -0.39 is 5.25 Å². The third-order valence-electron chi connectivity index (χ3n) is 4.06. The summed E-state index contributed by atoms with van der Waals surface area (Å²) in [6, 6.07) is 11.2. The van der Waals surface area contributed by atoms with Gasteiger partial charge in [-0.15, -0.1) is 5.10 Å². The van der Waals surface area contributed by atoms with Gasteiger partial charge in [-0.25, -0.2) is 0 Å². The first-order valence-electron chi connectivity index (χ1n) is 8.84. The zero-order chi connectivity index (χ0) is 21.7. The van der Waals surface area contributed by atoms with Crippen LogP contribution in [0.4, 0.5) is 5.69 Å². The fourth-order valence-corrected chi connectivity index (χ4v) is 5.07. The maximum Gasteiger partial charge on any atom is 0.240 e. The van der Waals surface area contributed by atoms with Crippen LogP contribution in [0.2, 0.25) is 0 Å². The molecule has 0 aliphatic carbocycles. The van der Waals surface area contributed by atoms with E-state index in [9.17, 15) is 9.59 Å². The lowest BCUT2D eigenvalue weighted by molar-refractivity contribution is -0.122. The van der Waals surface area contributed by atoms with Gasteiger partial charge >= 0.3 is 0 Å². The Morgan fingerprint density at radius 1 is 1.27 bits per heavy atom. The summed E-state index contributed by atoms with van der Waals surface area (Å²) in [5.74, 6) is 0.191. The van der Waals surface area contributed by atoms with Gasteiger partial charge in [0.15, 0.2) is 5.17 Å². The molecule has 1 heterocycles. The van der Waals surface area contributed by atoms with Crippen LogP contribution >= 0.6 is 43.6 Å². The highest BCUT2D eigenvalue weighted by Crippen LogP contribution is 2.34. The molecule has 156 valence electrons. The van der Waals surface area contributed by atoms with Crippen LogP contribution in [-0.4, -0.2) is 35.6 Å². The molecule has 0 radical (unpaired) electrons. The van der Waals surface area contributed by atoms with Gasteiger partial charge in [0.1, 0.15) is 11.0 Å². The Hall–Kier alpha value is -2.17. The minimum Gasteiger partial charge on any atom is -0.494 e. The van der Waals surface area contributed by atoms with E-state index in [0.717, 1.165) is 20.1 Å². The summed E-state index contributed by atoms with van der Waals surface area (Å²) in [4.78, 5) is 24.4. The van der Waals surface area contributed by atoms with E-state index in [1.807, 2.05) is 43.3 Å². The lowest BCUT2D eigenvalue weighted by atomic mass is 10.2. The first kappa shape index (κ1) is 22.5. The van der Waals surface area contributed by atoms with Gasteiger partial charge in [0.05, 0.1) is 22.3 Å². The normalized spacial score (nSPS) is 17.4. The van der Waals surface area contributed by atoms with Gasteiger partial charge in [-0.1, -0.05) is 29.5 Å². The van der Waals surface area contributed by atoms with Gasteiger partial charge in [0.2, 0.25) is 11.8 Å². The van der Waals surface area contributed by atoms with E-state index in [4.69, 9.17) is 4.74 Å². The van der Waals surface area contributed by atoms with Crippen molar-refractivity contribution >= 4 is 72.5 Å². The van der Waals surface area contributed by atoms with E-state index >= 15 is 0 Å². The number of hydrogen-bond donors (Lipinski definition) is 2. The van der Waals surface area contributed by atoms with Crippen molar-refractivity contribution in [2.24, 2.45) is 10.2 Å². The average Bonchev–Trinajstić information content (AvgIpc) is 3.02. The number of thioether (sulfide) groups is 1. The molecule has 0 saturated carbocycles. The van der Waals surface area contributed by atoms with Crippen molar-refractivity contribution in [3.63, 3.8) is 0 Å². The van der Waals surface area contributed by atoms with Crippen LogP contribution in [0.5, 0.6) is 5.75 Å². The van der Waals surface area contributed by atoms with Crippen molar-refractivity contribution in [3.05, 3.63) is 56.5 Å². The number of ether oxygens (including phenoxy) is 1. The summed E-state index contributed by atoms with van der Waals surface area (Å²) in [6.45, 7) is 1.97. The van der Waals surface area contributed by atoms with E-state index in [1.165, 1.54) is 11.8 Å². The van der Waals surface area contributed by atoms with Gasteiger partial charge in [-0.05, 0) is 68.6 Å². The SMILES string of the molecule is COc1c(Br)cc(/C=N\N=C2\NC(=O)[C@H](CC(=O)Nc3ccc(C)cc3)S2)cc1Br. The van der Waals surface area contributed by atoms with Gasteiger partial charge < -0.3 is 15.4 Å². The Morgan fingerprint density at radius 2 is 1.93 bits per heavy atom. The third-order valence-corrected chi connectivity index (χ3v) is 6.31. The molecule has 3 rings (SSSR count). The molecule has 2 aromatic carbocycles. The van der Waals surface area contributed by atoms with Gasteiger partial charge in [0.25, 0.3) is 0 Å². The fourth-order valence-electron chi connectivity index (χ4n) is 2.60. The number of amides is 2. The molecule has 10 heteroatoms. The Balaban J connectivity index is 1.58. The Kier molecular flexibility index (Phi) is 7.68. The monoisotopic (exact) mass is 552 g/mol. The fraction of sp³-hybridized carbons (Fsp3) is 0.200. The topological polar surface area (TPSA) is 92.2 Å². The number of hydrogen-bond acceptors (Lipinski definition) is 6. The molecule has 0 unspecified atom stereocenters. The molecule has 30 heavy (non-hydrogen) atoms. The number of carbonyl (C=O) groups excluding carboxylic acids is 2. The number of carbonyl (C=O) groups is 2. The molecule has 1 saturated heterocycles. The summed E-state index contributed by atoms with van der Waals surface area (Å²) < 4.78 is 6.81. The molecule has 1 aliphatic heterocycles. The Morgan fingerprint density at radius 3 is 2.57 bits per heavy atom. The van der Waals surface area contributed by atoms with E-state index in [1.54, 1.807) is 13.3 Å². The van der Waals surface area contributed by atoms with Crippen LogP contribution in [0, 0.1) is 6.92 Å². The molecule has 1 fully saturated rings. The molecule has 0 aromatic heterocycles. The van der Waals surface area contributed by atoms with Crippen molar-refractivity contribution in [2.75, 3.05) is 12.4 Å². The maximum absolute atomic E-state index is 12.2. The van der Waals surface area contributed by atoms with Crippen molar-refractivity contribution in [1.82, 2.24) is 5.32 Å². The first-order valence-corrected chi connectivity index (χ1v) is 11.3. The maximum atomic E-state index is 12.2. The summed E-state index contributed by atoms with van der Waals surface area (Å²) in [6.07, 6.45) is 1.61. The lowest BCUT2D eigenvalue weighted by Gasteiger charge is -2.07. The largest absolute Gasteiger partial charge is 0.494 e. The molecule has 7 nitrogen and oxygen atoms in total. The molecule has 0 spiro atoms. The number of anilines is 1. The highest BCUT2D eigenvalue weighted by atomic mass is 79.9. The average molecular weight is 554 g/mol. The number of amidine groups is 1. The number of aryl methyl sites for hydroxylation is 1. The zero-order valence-electron chi connectivity index (χ0n) is 16.1. The minimum atomic E-state index is -0.548. The molecule has 2 N–H and O–H groups in total. The number of nitrogens with zero attached hydrogens (tertiary/aromatic N) is 2. The van der Waals surface area contributed by atoms with Crippen molar-refractivity contribution in [2.45, 2.75) is 18.6 Å². The highest BCUT2D eigenvalue weighted by molar-refractivity contribution is 9.11. The van der Waals surface area contributed by atoms with Crippen molar-refractivity contribution in [3.8, 4) is 5.75 Å². The minimum absolute atomic E-state index is 0.0471. The predicted octanol–water partition coefficient (Wildman–Crippen LogP) is 4.48. The van der Waals surface area contributed by atoms with E-state index in [2.05, 4.69) is 52.7 Å². The van der Waals surface area contributed by atoms with Crippen LogP contribution in [-0.2, 0) is 9.59 Å². The van der Waals surface area contributed by atoms with Crippen LogP contribution in [0.15, 0.2) is 55.5 Å². The van der Waals surface area contributed by atoms with Gasteiger partial charge in [0, 0.05) is 12.1 Å². The number of halogens is 2. The van der Waals surface area contributed by atoms with Gasteiger partial charge in [-0.2, -0.15) is 5.10 Å². The first-order chi connectivity index (χ1) is 14.4. The van der Waals surface area contributed by atoms with Crippen LogP contribution in [0.1, 0.15) is 17.5 Å². The Labute approximate surface area is 195 Å². The number of benzene rings is 2. The number of rotatable bonds is 6. The van der Waals surface area contributed by atoms with Gasteiger partial charge in [-0.3, -0.25) is 9.59 Å². The predicted molar refractivity (Wildman–Crippen MR) is 127 cm³/mol. The number of nitrogens with one attached hydrogen (secondary N) is 2. The van der Waals surface area contributed by atoms with E-state index in [-0.39, 0.29) is 18.2 Å². The lowest BCUT2D eigenvalue weighted by Crippen LogP contribution is -2.28. The second-order valence-electron chi connectivity index (χ2n) is 6.38. The second kappa shape index (κ2) is 10.2. The van der Waals surface area contributed by atoms with Crippen molar-refractivity contribution in [1.29, 1.82) is 0 Å². The van der Waals surface area contributed by atoms with E-state index in [0.29, 0.717) is 16.6 Å². The summed E-state index contributed by atoms with van der Waals surface area (Å²) in [5.41, 5.74) is 2.60. The molecular weight excluding hydrogens is 536 g/mol. The Bertz CT molecular complexity index is 1000. The smallest absolute Gasteiger partial charge is 0.240 e. The zero-order valence-corrected chi connectivity index (χ0v) is 20.1. The van der Waals surface area contributed by atoms with Crippen molar-refractivity contribution < 1.29 is 14.3 Å². The highest BCUT2D eigenvalue weighted by Gasteiger charge is 2.32. The molecule has 2 amide bonds. The summed E-state index contributed by atoms with van der Waals surface area (Å²) in [7, 11) is 1.59. The standard InChI is InChI=1S/C20H18Br2N4O3S/c1-11-3-5-13(6-4-11)24-17(27)9-16-19(28)25-20(30-16)26-23-10-12-7-14(21)18(29-2)15(22)8-12/h3-8,10,16H,9H2,1-2H3,(H,24,27)(H,25,26,28)/b23-10-/t16-/m0/s1. The molecule has 2 aromatic rings. The second-order valence-corrected chi connectivity index (χ2v) is 9.28. The van der Waals surface area contributed by atoms with Crippen LogP contribution < -0.4 is 15.4 Å². The van der Waals surface area contributed by atoms with Crippen LogP contribution in [0.25, 0.3) is 0 Å². The summed E-state index contributed by atoms with van der Waals surface area (Å²) >= 11 is 8.04. The van der Waals surface area contributed by atoms with Crippen LogP contribution in [0.3, 0.4) is 0 Å². The molecular formula is C20H18Br2N4O3S. The molecule has 1 atom stereocenters. The molecule has 0 bridgehead atoms. The number of methoxy groups -OCH3 is 1. The summed E-state index contributed by atoms with van der Waals surface area (Å²) in [5, 5.41) is 13.3. The third kappa shape index (κ3) is 5.93. The molecule has 1 aliphatic rings.